The Hall–Kier alpha value is -2.88. The third-order valence-electron chi connectivity index (χ3n) is 4.51. The molecular formula is C19H15FN2O. The van der Waals surface area contributed by atoms with Gasteiger partial charge in [-0.25, -0.2) is 4.39 Å². The third-order valence-corrected chi connectivity index (χ3v) is 4.51. The Morgan fingerprint density at radius 3 is 2.83 bits per heavy atom. The third kappa shape index (κ3) is 1.84. The van der Waals surface area contributed by atoms with Crippen LogP contribution in [0.1, 0.15) is 27.9 Å². The molecule has 3 aromatic rings. The van der Waals surface area contributed by atoms with Crippen LogP contribution in [0.3, 0.4) is 0 Å². The number of hydrogen-bond acceptors (Lipinski definition) is 1. The van der Waals surface area contributed by atoms with Gasteiger partial charge in [-0.15, -0.1) is 6.58 Å². The smallest absolute Gasteiger partial charge is 0.252 e. The second kappa shape index (κ2) is 4.81. The van der Waals surface area contributed by atoms with Gasteiger partial charge < -0.3 is 10.3 Å². The predicted octanol–water partition coefficient (Wildman–Crippen LogP) is 3.87. The van der Waals surface area contributed by atoms with Gasteiger partial charge in [0.15, 0.2) is 0 Å². The summed E-state index contributed by atoms with van der Waals surface area (Å²) < 4.78 is 13.5. The minimum atomic E-state index is -0.675. The van der Waals surface area contributed by atoms with E-state index in [1.54, 1.807) is 12.1 Å². The molecule has 23 heavy (non-hydrogen) atoms. The summed E-state index contributed by atoms with van der Waals surface area (Å²) in [6.07, 6.45) is 4.20. The summed E-state index contributed by atoms with van der Waals surface area (Å²) in [7, 11) is 0. The maximum Gasteiger partial charge on any atom is 0.252 e. The summed E-state index contributed by atoms with van der Waals surface area (Å²) in [5.74, 6) is -0.390. The number of H-pyrrole nitrogens is 1. The first-order valence-corrected chi connectivity index (χ1v) is 7.46. The van der Waals surface area contributed by atoms with Crippen LogP contribution in [0, 0.1) is 5.82 Å². The van der Waals surface area contributed by atoms with Crippen molar-refractivity contribution in [1.29, 1.82) is 0 Å². The molecule has 0 fully saturated rings. The van der Waals surface area contributed by atoms with Crippen molar-refractivity contribution in [1.82, 2.24) is 10.3 Å². The van der Waals surface area contributed by atoms with Crippen LogP contribution in [0.5, 0.6) is 0 Å². The number of rotatable bonds is 3. The van der Waals surface area contributed by atoms with Crippen molar-refractivity contribution >= 4 is 16.8 Å². The van der Waals surface area contributed by atoms with Crippen molar-refractivity contribution in [2.24, 2.45) is 0 Å². The molecular weight excluding hydrogens is 291 g/mol. The maximum absolute atomic E-state index is 13.5. The molecule has 1 atom stereocenters. The van der Waals surface area contributed by atoms with Gasteiger partial charge in [0.05, 0.1) is 5.54 Å². The normalized spacial score (nSPS) is 19.6. The minimum Gasteiger partial charge on any atom is -0.361 e. The van der Waals surface area contributed by atoms with Gasteiger partial charge in [-0.3, -0.25) is 4.79 Å². The zero-order chi connectivity index (χ0) is 16.0. The molecule has 1 aromatic heterocycles. The van der Waals surface area contributed by atoms with Crippen LogP contribution >= 0.6 is 0 Å². The highest BCUT2D eigenvalue weighted by Gasteiger charge is 2.44. The van der Waals surface area contributed by atoms with Crippen LogP contribution in [0.2, 0.25) is 0 Å². The lowest BCUT2D eigenvalue weighted by atomic mass is 9.81. The molecule has 1 aliphatic heterocycles. The lowest BCUT2D eigenvalue weighted by Gasteiger charge is -2.29. The zero-order valence-electron chi connectivity index (χ0n) is 12.4. The van der Waals surface area contributed by atoms with Crippen molar-refractivity contribution in [3.05, 3.63) is 83.8 Å². The quantitative estimate of drug-likeness (QED) is 0.709. The minimum absolute atomic E-state index is 0.0982. The van der Waals surface area contributed by atoms with Crippen molar-refractivity contribution in [2.75, 3.05) is 0 Å². The monoisotopic (exact) mass is 306 g/mol. The molecule has 0 spiro atoms. The van der Waals surface area contributed by atoms with E-state index in [-0.39, 0.29) is 11.7 Å². The highest BCUT2D eigenvalue weighted by molar-refractivity contribution is 6.02. The summed E-state index contributed by atoms with van der Waals surface area (Å²) in [5, 5.41) is 4.01. The van der Waals surface area contributed by atoms with Gasteiger partial charge in [0.1, 0.15) is 5.82 Å². The van der Waals surface area contributed by atoms with Gasteiger partial charge in [-0.05, 0) is 36.2 Å². The SMILES string of the molecule is C=CC[C@@]1(c2c[nH]c3cc(F)ccc23)NC(=O)c2ccccc21. The lowest BCUT2D eigenvalue weighted by molar-refractivity contribution is 0.0941. The van der Waals surface area contributed by atoms with E-state index < -0.39 is 5.54 Å². The van der Waals surface area contributed by atoms with Gasteiger partial charge in [0.25, 0.3) is 5.91 Å². The fourth-order valence-corrected chi connectivity index (χ4v) is 3.53. The van der Waals surface area contributed by atoms with E-state index in [1.807, 2.05) is 30.5 Å². The molecule has 0 saturated heterocycles. The van der Waals surface area contributed by atoms with E-state index >= 15 is 0 Å². The highest BCUT2D eigenvalue weighted by atomic mass is 19.1. The largest absolute Gasteiger partial charge is 0.361 e. The highest BCUT2D eigenvalue weighted by Crippen LogP contribution is 2.42. The average Bonchev–Trinajstić information content (AvgIpc) is 3.08. The summed E-state index contributed by atoms with van der Waals surface area (Å²) in [6.45, 7) is 3.85. The van der Waals surface area contributed by atoms with Gasteiger partial charge >= 0.3 is 0 Å². The first kappa shape index (κ1) is 13.8. The van der Waals surface area contributed by atoms with Gasteiger partial charge in [-0.2, -0.15) is 0 Å². The molecule has 0 unspecified atom stereocenters. The Balaban J connectivity index is 2.02. The Bertz CT molecular complexity index is 943. The van der Waals surface area contributed by atoms with Crippen LogP contribution < -0.4 is 5.32 Å². The van der Waals surface area contributed by atoms with Crippen molar-refractivity contribution in [3.63, 3.8) is 0 Å². The first-order chi connectivity index (χ1) is 11.2. The number of halogens is 1. The van der Waals surface area contributed by atoms with Crippen molar-refractivity contribution in [3.8, 4) is 0 Å². The van der Waals surface area contributed by atoms with Crippen LogP contribution in [0.4, 0.5) is 4.39 Å². The standard InChI is InChI=1S/C19H15FN2O/c1-2-9-19(15-6-4-3-5-14(15)18(23)22-19)16-11-21-17-10-12(20)7-8-13(16)17/h2-8,10-11,21H,1,9H2,(H,22,23)/t19-/m1/s1. The van der Waals surface area contributed by atoms with E-state index in [2.05, 4.69) is 16.9 Å². The van der Waals surface area contributed by atoms with Gasteiger partial charge in [-0.1, -0.05) is 24.3 Å². The Kier molecular flexibility index (Phi) is 2.88. The number of benzene rings is 2. The predicted molar refractivity (Wildman–Crippen MR) is 87.8 cm³/mol. The van der Waals surface area contributed by atoms with Crippen LogP contribution in [-0.2, 0) is 5.54 Å². The summed E-state index contributed by atoms with van der Waals surface area (Å²) in [6, 6.07) is 12.2. The van der Waals surface area contributed by atoms with E-state index in [9.17, 15) is 9.18 Å². The van der Waals surface area contributed by atoms with Crippen molar-refractivity contribution in [2.45, 2.75) is 12.0 Å². The molecule has 1 amide bonds. The molecule has 2 N–H and O–H groups in total. The molecule has 0 saturated carbocycles. The second-order valence-corrected chi connectivity index (χ2v) is 5.79. The van der Waals surface area contributed by atoms with Crippen LogP contribution in [0.25, 0.3) is 10.9 Å². The number of amides is 1. The topological polar surface area (TPSA) is 44.9 Å². The molecule has 1 aliphatic rings. The summed E-state index contributed by atoms with van der Waals surface area (Å²) >= 11 is 0. The van der Waals surface area contributed by atoms with E-state index in [0.29, 0.717) is 17.5 Å². The fourth-order valence-electron chi connectivity index (χ4n) is 3.53. The molecule has 0 aliphatic carbocycles. The Morgan fingerprint density at radius 2 is 2.00 bits per heavy atom. The Labute approximate surface area is 132 Å². The first-order valence-electron chi connectivity index (χ1n) is 7.46. The molecule has 114 valence electrons. The number of fused-ring (bicyclic) bond motifs is 2. The van der Waals surface area contributed by atoms with Crippen LogP contribution in [0.15, 0.2) is 61.3 Å². The van der Waals surface area contributed by atoms with Crippen molar-refractivity contribution < 1.29 is 9.18 Å². The van der Waals surface area contributed by atoms with E-state index in [1.165, 1.54) is 12.1 Å². The number of nitrogens with one attached hydrogen (secondary N) is 2. The molecule has 4 heteroatoms. The molecule has 2 heterocycles. The molecule has 2 aromatic carbocycles. The maximum atomic E-state index is 13.5. The number of aromatic amines is 1. The Morgan fingerprint density at radius 1 is 1.17 bits per heavy atom. The summed E-state index contributed by atoms with van der Waals surface area (Å²) in [4.78, 5) is 15.5. The second-order valence-electron chi connectivity index (χ2n) is 5.79. The number of carbonyl (C=O) groups excluding carboxylic acids is 1. The molecule has 3 nitrogen and oxygen atoms in total. The number of hydrogen-bond donors (Lipinski definition) is 2. The summed E-state index contributed by atoms with van der Waals surface area (Å²) in [5.41, 5.74) is 2.56. The lowest BCUT2D eigenvalue weighted by Crippen LogP contribution is -2.39. The van der Waals surface area contributed by atoms with Gasteiger partial charge in [0.2, 0.25) is 0 Å². The molecule has 0 radical (unpaired) electrons. The van der Waals surface area contributed by atoms with Crippen LogP contribution in [-0.4, -0.2) is 10.9 Å². The number of aromatic nitrogens is 1. The number of carbonyl (C=O) groups is 1. The fraction of sp³-hybridized carbons (Fsp3) is 0.105. The van der Waals surface area contributed by atoms with E-state index in [0.717, 1.165) is 16.5 Å². The zero-order valence-corrected chi connectivity index (χ0v) is 12.4. The molecule has 4 rings (SSSR count). The van der Waals surface area contributed by atoms with Gasteiger partial charge in [0, 0.05) is 28.2 Å². The van der Waals surface area contributed by atoms with E-state index in [4.69, 9.17) is 0 Å². The average molecular weight is 306 g/mol. The molecule has 0 bridgehead atoms.